The van der Waals surface area contributed by atoms with Gasteiger partial charge in [0.05, 0.1) is 6.21 Å². The van der Waals surface area contributed by atoms with E-state index < -0.39 is 0 Å². The summed E-state index contributed by atoms with van der Waals surface area (Å²) in [6.07, 6.45) is 4.89. The highest BCUT2D eigenvalue weighted by molar-refractivity contribution is 5.99. The van der Waals surface area contributed by atoms with Crippen LogP contribution in [0.2, 0.25) is 0 Å². The molecule has 1 atom stereocenters. The van der Waals surface area contributed by atoms with Gasteiger partial charge < -0.3 is 10.1 Å². The van der Waals surface area contributed by atoms with Crippen molar-refractivity contribution < 1.29 is 9.90 Å². The molecule has 5 heteroatoms. The van der Waals surface area contributed by atoms with E-state index >= 15 is 0 Å². The van der Waals surface area contributed by atoms with Crippen molar-refractivity contribution in [3.63, 3.8) is 0 Å². The lowest BCUT2D eigenvalue weighted by Crippen LogP contribution is -2.17. The number of amides is 1. The second-order valence-electron chi connectivity index (χ2n) is 6.98. The number of hydrogen-bond donors (Lipinski definition) is 3. The first-order valence-corrected chi connectivity index (χ1v) is 8.86. The molecule has 0 spiro atoms. The van der Waals surface area contributed by atoms with Crippen molar-refractivity contribution in [2.24, 2.45) is 11.0 Å². The second-order valence-corrected chi connectivity index (χ2v) is 6.98. The standard InChI is InChI=1S/C21H21N3O2/c1-13-2-8-19-17(10-13)18-11-15(5-9-20(18)23-19)21(26)24-22-12-14-3-6-16(25)7-4-14/h3-7,9,11-13,23,25H,2,8,10H2,1H3,(H,24,26)/b22-12-. The van der Waals surface area contributed by atoms with Gasteiger partial charge in [-0.15, -0.1) is 0 Å². The predicted octanol–water partition coefficient (Wildman–Crippen LogP) is 3.76. The summed E-state index contributed by atoms with van der Waals surface area (Å²) in [4.78, 5) is 15.9. The van der Waals surface area contributed by atoms with Crippen molar-refractivity contribution in [2.45, 2.75) is 26.2 Å². The number of fused-ring (bicyclic) bond motifs is 3. The molecule has 0 fully saturated rings. The van der Waals surface area contributed by atoms with Crippen molar-refractivity contribution in [3.8, 4) is 5.75 Å². The van der Waals surface area contributed by atoms with Crippen LogP contribution in [0.1, 0.15) is 40.5 Å². The van der Waals surface area contributed by atoms with Crippen LogP contribution in [0.3, 0.4) is 0 Å². The van der Waals surface area contributed by atoms with Crippen LogP contribution in [0.4, 0.5) is 0 Å². The molecule has 1 aromatic heterocycles. The third-order valence-corrected chi connectivity index (χ3v) is 4.97. The molecule has 0 radical (unpaired) electrons. The first-order chi connectivity index (χ1) is 12.6. The van der Waals surface area contributed by atoms with E-state index in [0.717, 1.165) is 29.3 Å². The van der Waals surface area contributed by atoms with Crippen LogP contribution in [0.25, 0.3) is 10.9 Å². The number of carbonyl (C=O) groups excluding carboxylic acids is 1. The number of aryl methyl sites for hydroxylation is 1. The number of aromatic hydroxyl groups is 1. The van der Waals surface area contributed by atoms with Crippen LogP contribution in [-0.2, 0) is 12.8 Å². The number of carbonyl (C=O) groups is 1. The van der Waals surface area contributed by atoms with Gasteiger partial charge in [-0.05, 0) is 78.8 Å². The molecule has 4 rings (SSSR count). The maximum atomic E-state index is 12.4. The lowest BCUT2D eigenvalue weighted by Gasteiger charge is -2.18. The third kappa shape index (κ3) is 3.20. The van der Waals surface area contributed by atoms with E-state index in [2.05, 4.69) is 22.4 Å². The molecule has 2 aromatic carbocycles. The highest BCUT2D eigenvalue weighted by Crippen LogP contribution is 2.32. The number of hydrogen-bond acceptors (Lipinski definition) is 3. The van der Waals surface area contributed by atoms with Crippen LogP contribution >= 0.6 is 0 Å². The number of rotatable bonds is 3. The highest BCUT2D eigenvalue weighted by atomic mass is 16.3. The molecule has 5 nitrogen and oxygen atoms in total. The Morgan fingerprint density at radius 1 is 1.27 bits per heavy atom. The van der Waals surface area contributed by atoms with E-state index in [1.165, 1.54) is 17.7 Å². The smallest absolute Gasteiger partial charge is 0.271 e. The number of hydrazone groups is 1. The largest absolute Gasteiger partial charge is 0.508 e. The van der Waals surface area contributed by atoms with Gasteiger partial charge >= 0.3 is 0 Å². The molecule has 3 N–H and O–H groups in total. The zero-order valence-electron chi connectivity index (χ0n) is 14.6. The molecule has 3 aromatic rings. The van der Waals surface area contributed by atoms with Gasteiger partial charge in [-0.3, -0.25) is 4.79 Å². The molecule has 1 heterocycles. The molecule has 132 valence electrons. The topological polar surface area (TPSA) is 77.5 Å². The zero-order chi connectivity index (χ0) is 18.1. The molecular weight excluding hydrogens is 326 g/mol. The van der Waals surface area contributed by atoms with E-state index in [1.807, 2.05) is 18.2 Å². The minimum absolute atomic E-state index is 0.198. The summed E-state index contributed by atoms with van der Waals surface area (Å²) in [6.45, 7) is 2.27. The van der Waals surface area contributed by atoms with Crippen LogP contribution in [0, 0.1) is 5.92 Å². The molecule has 1 amide bonds. The van der Waals surface area contributed by atoms with Crippen LogP contribution in [0.5, 0.6) is 5.75 Å². The number of aromatic nitrogens is 1. The van der Waals surface area contributed by atoms with Gasteiger partial charge in [0.2, 0.25) is 0 Å². The Balaban J connectivity index is 1.53. The fraction of sp³-hybridized carbons (Fsp3) is 0.238. The molecule has 0 saturated carbocycles. The van der Waals surface area contributed by atoms with Gasteiger partial charge in [-0.2, -0.15) is 5.10 Å². The Morgan fingerprint density at radius 2 is 2.08 bits per heavy atom. The molecule has 1 unspecified atom stereocenters. The molecular formula is C21H21N3O2. The van der Waals surface area contributed by atoms with Crippen LogP contribution < -0.4 is 5.43 Å². The lowest BCUT2D eigenvalue weighted by molar-refractivity contribution is 0.0955. The molecule has 0 aliphatic heterocycles. The fourth-order valence-electron chi connectivity index (χ4n) is 3.52. The van der Waals surface area contributed by atoms with Crippen molar-refractivity contribution in [1.82, 2.24) is 10.4 Å². The number of phenolic OH excluding ortho intramolecular Hbond substituents is 1. The maximum absolute atomic E-state index is 12.4. The minimum Gasteiger partial charge on any atom is -0.508 e. The quantitative estimate of drug-likeness (QED) is 0.498. The van der Waals surface area contributed by atoms with Gasteiger partial charge in [0.25, 0.3) is 5.91 Å². The summed E-state index contributed by atoms with van der Waals surface area (Å²) in [5.74, 6) is 0.637. The summed E-state index contributed by atoms with van der Waals surface area (Å²) in [5.41, 5.74) is 7.71. The number of nitrogens with one attached hydrogen (secondary N) is 2. The van der Waals surface area contributed by atoms with Gasteiger partial charge in [0.15, 0.2) is 0 Å². The first kappa shape index (κ1) is 16.4. The highest BCUT2D eigenvalue weighted by Gasteiger charge is 2.20. The Hall–Kier alpha value is -3.08. The minimum atomic E-state index is -0.235. The van der Waals surface area contributed by atoms with Crippen molar-refractivity contribution in [3.05, 3.63) is 64.8 Å². The monoisotopic (exact) mass is 347 g/mol. The number of phenols is 1. The number of benzene rings is 2. The normalized spacial score (nSPS) is 16.7. The Kier molecular flexibility index (Phi) is 4.21. The number of nitrogens with zero attached hydrogens (tertiary/aromatic N) is 1. The molecule has 1 aliphatic carbocycles. The fourth-order valence-corrected chi connectivity index (χ4v) is 3.52. The average Bonchev–Trinajstić information content (AvgIpc) is 3.00. The van der Waals surface area contributed by atoms with Crippen molar-refractivity contribution in [2.75, 3.05) is 0 Å². The van der Waals surface area contributed by atoms with E-state index in [0.29, 0.717) is 11.5 Å². The van der Waals surface area contributed by atoms with Gasteiger partial charge in [-0.25, -0.2) is 5.43 Å². The lowest BCUT2D eigenvalue weighted by atomic mass is 9.87. The van der Waals surface area contributed by atoms with Gasteiger partial charge in [-0.1, -0.05) is 6.92 Å². The van der Waals surface area contributed by atoms with Crippen molar-refractivity contribution in [1.29, 1.82) is 0 Å². The Bertz CT molecular complexity index is 986. The Labute approximate surface area is 151 Å². The van der Waals surface area contributed by atoms with Crippen LogP contribution in [-0.4, -0.2) is 22.2 Å². The summed E-state index contributed by atoms with van der Waals surface area (Å²) in [6, 6.07) is 12.3. The Morgan fingerprint density at radius 3 is 2.88 bits per heavy atom. The average molecular weight is 347 g/mol. The molecule has 0 bridgehead atoms. The van der Waals surface area contributed by atoms with E-state index in [-0.39, 0.29) is 11.7 Å². The third-order valence-electron chi connectivity index (χ3n) is 4.97. The summed E-state index contributed by atoms with van der Waals surface area (Å²) in [7, 11) is 0. The van der Waals surface area contributed by atoms with E-state index in [4.69, 9.17) is 0 Å². The van der Waals surface area contributed by atoms with Gasteiger partial charge in [0, 0.05) is 22.2 Å². The van der Waals surface area contributed by atoms with E-state index in [1.54, 1.807) is 30.5 Å². The van der Waals surface area contributed by atoms with Crippen LogP contribution in [0.15, 0.2) is 47.6 Å². The maximum Gasteiger partial charge on any atom is 0.271 e. The first-order valence-electron chi connectivity index (χ1n) is 8.86. The summed E-state index contributed by atoms with van der Waals surface area (Å²) in [5, 5.41) is 14.4. The predicted molar refractivity (Wildman–Crippen MR) is 103 cm³/mol. The van der Waals surface area contributed by atoms with Crippen molar-refractivity contribution >= 4 is 23.0 Å². The zero-order valence-corrected chi connectivity index (χ0v) is 14.6. The summed E-state index contributed by atoms with van der Waals surface area (Å²) >= 11 is 0. The number of H-pyrrole nitrogens is 1. The second kappa shape index (κ2) is 6.67. The van der Waals surface area contributed by atoms with Gasteiger partial charge in [0.1, 0.15) is 5.75 Å². The summed E-state index contributed by atoms with van der Waals surface area (Å²) < 4.78 is 0. The van der Waals surface area contributed by atoms with E-state index in [9.17, 15) is 9.90 Å². The molecule has 1 aliphatic rings. The molecule has 26 heavy (non-hydrogen) atoms. The number of aromatic amines is 1. The molecule has 0 saturated heterocycles. The SMILES string of the molecule is CC1CCc2[nH]c3ccc(C(=O)N/N=C\c4ccc(O)cc4)cc3c2C1.